The fourth-order valence-electron chi connectivity index (χ4n) is 2.86. The van der Waals surface area contributed by atoms with Crippen molar-refractivity contribution in [2.45, 2.75) is 26.4 Å². The summed E-state index contributed by atoms with van der Waals surface area (Å²) in [5.41, 5.74) is 5.93. The highest BCUT2D eigenvalue weighted by molar-refractivity contribution is 5.70. The van der Waals surface area contributed by atoms with Gasteiger partial charge in [0, 0.05) is 36.1 Å². The molecule has 1 atom stereocenters. The van der Waals surface area contributed by atoms with Gasteiger partial charge in [0.2, 0.25) is 0 Å². The van der Waals surface area contributed by atoms with E-state index in [4.69, 9.17) is 4.74 Å². The summed E-state index contributed by atoms with van der Waals surface area (Å²) in [7, 11) is 1.70. The van der Waals surface area contributed by atoms with E-state index in [1.165, 1.54) is 16.7 Å². The number of methoxy groups -OCH3 is 1. The molecule has 1 heterocycles. The minimum Gasteiger partial charge on any atom is -0.496 e. The van der Waals surface area contributed by atoms with Crippen molar-refractivity contribution in [2.24, 2.45) is 0 Å². The Kier molecular flexibility index (Phi) is 5.46. The number of nitrogens with one attached hydrogen (secondary N) is 1. The molecule has 3 heteroatoms. The summed E-state index contributed by atoms with van der Waals surface area (Å²) in [6.45, 7) is 5.10. The van der Waals surface area contributed by atoms with Crippen molar-refractivity contribution >= 4 is 0 Å². The van der Waals surface area contributed by atoms with Gasteiger partial charge in [0.1, 0.15) is 5.75 Å². The van der Waals surface area contributed by atoms with Gasteiger partial charge in [-0.1, -0.05) is 42.0 Å². The normalized spacial score (nSPS) is 12.0. The molecule has 0 bridgehead atoms. The summed E-state index contributed by atoms with van der Waals surface area (Å²) in [5, 5.41) is 3.59. The Balaban J connectivity index is 1.76. The maximum absolute atomic E-state index is 5.51. The van der Waals surface area contributed by atoms with Gasteiger partial charge in [0.25, 0.3) is 0 Å². The molecule has 25 heavy (non-hydrogen) atoms. The third-order valence-corrected chi connectivity index (χ3v) is 4.43. The molecule has 1 N–H and O–H groups in total. The molecule has 1 unspecified atom stereocenters. The van der Waals surface area contributed by atoms with Crippen LogP contribution in [0.25, 0.3) is 11.1 Å². The summed E-state index contributed by atoms with van der Waals surface area (Å²) in [6.07, 6.45) is 3.65. The molecule has 0 aliphatic rings. The highest BCUT2D eigenvalue weighted by Gasteiger charge is 2.09. The van der Waals surface area contributed by atoms with Crippen molar-refractivity contribution in [3.8, 4) is 16.9 Å². The lowest BCUT2D eigenvalue weighted by atomic mass is 10.0. The summed E-state index contributed by atoms with van der Waals surface area (Å²) in [6, 6.07) is 19.3. The molecule has 3 nitrogen and oxygen atoms in total. The van der Waals surface area contributed by atoms with Gasteiger partial charge in [-0.15, -0.1) is 0 Å². The second-order valence-electron chi connectivity index (χ2n) is 6.29. The van der Waals surface area contributed by atoms with Crippen LogP contribution < -0.4 is 10.1 Å². The van der Waals surface area contributed by atoms with E-state index >= 15 is 0 Å². The zero-order valence-corrected chi connectivity index (χ0v) is 15.0. The Morgan fingerprint density at radius 3 is 2.56 bits per heavy atom. The van der Waals surface area contributed by atoms with Crippen LogP contribution in [0.1, 0.15) is 29.7 Å². The Morgan fingerprint density at radius 1 is 1.08 bits per heavy atom. The van der Waals surface area contributed by atoms with E-state index < -0.39 is 0 Å². The zero-order valence-electron chi connectivity index (χ0n) is 15.0. The number of ether oxygens (including phenoxy) is 1. The average Bonchev–Trinajstić information content (AvgIpc) is 2.67. The monoisotopic (exact) mass is 332 g/mol. The molecule has 0 aliphatic carbocycles. The van der Waals surface area contributed by atoms with Crippen LogP contribution in [-0.2, 0) is 6.54 Å². The summed E-state index contributed by atoms with van der Waals surface area (Å²) in [5.74, 6) is 0.864. The molecular weight excluding hydrogens is 308 g/mol. The number of pyridine rings is 1. The SMILES string of the molecule is COc1ccc(CNC(C)c2ccc(C)cc2)cc1-c1cccnc1. The molecule has 2 aromatic carbocycles. The molecule has 0 spiro atoms. The molecule has 0 saturated carbocycles. The molecule has 3 aromatic rings. The third-order valence-electron chi connectivity index (χ3n) is 4.43. The van der Waals surface area contributed by atoms with Gasteiger partial charge < -0.3 is 10.1 Å². The minimum atomic E-state index is 0.296. The van der Waals surface area contributed by atoms with Gasteiger partial charge in [-0.2, -0.15) is 0 Å². The molecule has 128 valence electrons. The summed E-state index contributed by atoms with van der Waals surface area (Å²) < 4.78 is 5.51. The van der Waals surface area contributed by atoms with E-state index in [9.17, 15) is 0 Å². The van der Waals surface area contributed by atoms with Gasteiger partial charge in [-0.3, -0.25) is 4.98 Å². The third kappa shape index (κ3) is 4.25. The van der Waals surface area contributed by atoms with E-state index in [1.807, 2.05) is 18.3 Å². The fraction of sp³-hybridized carbons (Fsp3) is 0.227. The highest BCUT2D eigenvalue weighted by Crippen LogP contribution is 2.30. The lowest BCUT2D eigenvalue weighted by Crippen LogP contribution is -2.18. The van der Waals surface area contributed by atoms with Gasteiger partial charge in [0.15, 0.2) is 0 Å². The number of rotatable bonds is 6. The fourth-order valence-corrected chi connectivity index (χ4v) is 2.86. The Bertz CT molecular complexity index is 813. The standard InChI is InChI=1S/C22H24N2O/c1-16-6-9-19(10-7-16)17(2)24-14-18-8-11-22(25-3)21(13-18)20-5-4-12-23-15-20/h4-13,15,17,24H,14H2,1-3H3. The Labute approximate surface area is 149 Å². The maximum atomic E-state index is 5.51. The number of aryl methyl sites for hydroxylation is 1. The zero-order chi connectivity index (χ0) is 17.6. The van der Waals surface area contributed by atoms with Crippen LogP contribution in [0.5, 0.6) is 5.75 Å². The first-order chi connectivity index (χ1) is 12.2. The Hall–Kier alpha value is -2.65. The van der Waals surface area contributed by atoms with Crippen LogP contribution >= 0.6 is 0 Å². The minimum absolute atomic E-state index is 0.296. The van der Waals surface area contributed by atoms with Gasteiger partial charge in [-0.25, -0.2) is 0 Å². The average molecular weight is 332 g/mol. The Morgan fingerprint density at radius 2 is 1.88 bits per heavy atom. The van der Waals surface area contributed by atoms with Crippen LogP contribution in [0.3, 0.4) is 0 Å². The first-order valence-electron chi connectivity index (χ1n) is 8.54. The second-order valence-corrected chi connectivity index (χ2v) is 6.29. The molecule has 0 amide bonds. The number of benzene rings is 2. The van der Waals surface area contributed by atoms with Crippen LogP contribution in [0.4, 0.5) is 0 Å². The largest absolute Gasteiger partial charge is 0.496 e. The molecule has 0 aliphatic heterocycles. The summed E-state index contributed by atoms with van der Waals surface area (Å²) in [4.78, 5) is 4.22. The smallest absolute Gasteiger partial charge is 0.126 e. The number of aromatic nitrogens is 1. The van der Waals surface area contributed by atoms with Gasteiger partial charge in [-0.05, 0) is 43.2 Å². The van der Waals surface area contributed by atoms with E-state index in [-0.39, 0.29) is 0 Å². The van der Waals surface area contributed by atoms with Crippen molar-refractivity contribution in [1.29, 1.82) is 0 Å². The van der Waals surface area contributed by atoms with Crippen LogP contribution in [-0.4, -0.2) is 12.1 Å². The second kappa shape index (κ2) is 7.95. The lowest BCUT2D eigenvalue weighted by Gasteiger charge is -2.16. The molecule has 0 saturated heterocycles. The van der Waals surface area contributed by atoms with Gasteiger partial charge >= 0.3 is 0 Å². The summed E-state index contributed by atoms with van der Waals surface area (Å²) >= 11 is 0. The molecule has 0 radical (unpaired) electrons. The molecule has 3 rings (SSSR count). The van der Waals surface area contributed by atoms with Crippen LogP contribution in [0.15, 0.2) is 67.0 Å². The van der Waals surface area contributed by atoms with E-state index in [0.717, 1.165) is 23.4 Å². The predicted octanol–water partition coefficient (Wildman–Crippen LogP) is 4.92. The topological polar surface area (TPSA) is 34.1 Å². The highest BCUT2D eigenvalue weighted by atomic mass is 16.5. The number of hydrogen-bond acceptors (Lipinski definition) is 3. The molecule has 1 aromatic heterocycles. The van der Waals surface area contributed by atoms with E-state index in [1.54, 1.807) is 13.3 Å². The predicted molar refractivity (Wildman–Crippen MR) is 103 cm³/mol. The quantitative estimate of drug-likeness (QED) is 0.696. The lowest BCUT2D eigenvalue weighted by molar-refractivity contribution is 0.416. The van der Waals surface area contributed by atoms with Crippen molar-refractivity contribution in [3.63, 3.8) is 0 Å². The van der Waals surface area contributed by atoms with Crippen molar-refractivity contribution in [3.05, 3.63) is 83.7 Å². The molecular formula is C22H24N2O. The first-order valence-corrected chi connectivity index (χ1v) is 8.54. The van der Waals surface area contributed by atoms with E-state index in [0.29, 0.717) is 6.04 Å². The first kappa shape index (κ1) is 17.2. The van der Waals surface area contributed by atoms with Crippen molar-refractivity contribution in [1.82, 2.24) is 10.3 Å². The molecule has 0 fully saturated rings. The number of hydrogen-bond donors (Lipinski definition) is 1. The van der Waals surface area contributed by atoms with Crippen molar-refractivity contribution < 1.29 is 4.74 Å². The maximum Gasteiger partial charge on any atom is 0.126 e. The van der Waals surface area contributed by atoms with E-state index in [2.05, 4.69) is 66.6 Å². The van der Waals surface area contributed by atoms with Crippen LogP contribution in [0, 0.1) is 6.92 Å². The van der Waals surface area contributed by atoms with Crippen molar-refractivity contribution in [2.75, 3.05) is 7.11 Å². The number of nitrogens with zero attached hydrogens (tertiary/aromatic N) is 1. The van der Waals surface area contributed by atoms with Crippen LogP contribution in [0.2, 0.25) is 0 Å². The van der Waals surface area contributed by atoms with Gasteiger partial charge in [0.05, 0.1) is 7.11 Å².